The highest BCUT2D eigenvalue weighted by Crippen LogP contribution is 2.34. The molecule has 148 valence electrons. The lowest BCUT2D eigenvalue weighted by molar-refractivity contribution is 0.0981. The van der Waals surface area contributed by atoms with Crippen molar-refractivity contribution in [2.75, 3.05) is 24.4 Å². The van der Waals surface area contributed by atoms with Crippen molar-refractivity contribution in [2.45, 2.75) is 19.4 Å². The van der Waals surface area contributed by atoms with Gasteiger partial charge in [-0.25, -0.2) is 0 Å². The lowest BCUT2D eigenvalue weighted by Gasteiger charge is -2.23. The summed E-state index contributed by atoms with van der Waals surface area (Å²) < 4.78 is 10.7. The van der Waals surface area contributed by atoms with Crippen LogP contribution in [0.15, 0.2) is 60.9 Å². The summed E-state index contributed by atoms with van der Waals surface area (Å²) >= 11 is 0. The Hall–Kier alpha value is -3.54. The van der Waals surface area contributed by atoms with Crippen LogP contribution in [-0.2, 0) is 6.42 Å². The van der Waals surface area contributed by atoms with Crippen molar-refractivity contribution < 1.29 is 14.3 Å². The Morgan fingerprint density at radius 1 is 1.10 bits per heavy atom. The number of pyridine rings is 1. The third-order valence-electron chi connectivity index (χ3n) is 5.10. The fourth-order valence-electron chi connectivity index (χ4n) is 3.71. The lowest BCUT2D eigenvalue weighted by atomic mass is 10.1. The fraction of sp³-hybridized carbons (Fsp3) is 0.217. The van der Waals surface area contributed by atoms with Crippen LogP contribution in [0.2, 0.25) is 0 Å². The molecule has 0 aliphatic carbocycles. The highest BCUT2D eigenvalue weighted by molar-refractivity contribution is 6.08. The predicted molar refractivity (Wildman–Crippen MR) is 113 cm³/mol. The minimum atomic E-state index is -0.0591. The first kappa shape index (κ1) is 18.8. The highest BCUT2D eigenvalue weighted by Gasteiger charge is 2.31. The van der Waals surface area contributed by atoms with E-state index in [-0.39, 0.29) is 11.9 Å². The van der Waals surface area contributed by atoms with Gasteiger partial charge in [0.2, 0.25) is 0 Å². The van der Waals surface area contributed by atoms with E-state index in [1.54, 1.807) is 26.6 Å². The van der Waals surface area contributed by atoms with E-state index in [0.717, 1.165) is 17.8 Å². The van der Waals surface area contributed by atoms with Gasteiger partial charge < -0.3 is 19.7 Å². The number of anilines is 3. The second-order valence-electron chi connectivity index (χ2n) is 7.01. The molecule has 0 spiro atoms. The smallest absolute Gasteiger partial charge is 0.260 e. The second-order valence-corrected chi connectivity index (χ2v) is 7.01. The van der Waals surface area contributed by atoms with Crippen molar-refractivity contribution in [2.24, 2.45) is 0 Å². The number of carbonyl (C=O) groups is 1. The molecule has 1 N–H and O–H groups in total. The molecule has 4 rings (SSSR count). The Bertz CT molecular complexity index is 1050. The first-order chi connectivity index (χ1) is 14.1. The number of fused-ring (bicyclic) bond motifs is 1. The molecule has 0 radical (unpaired) electrons. The molecule has 1 aromatic heterocycles. The second kappa shape index (κ2) is 7.83. The molecular formula is C23H23N3O3. The van der Waals surface area contributed by atoms with E-state index in [9.17, 15) is 4.79 Å². The van der Waals surface area contributed by atoms with Crippen molar-refractivity contribution >= 4 is 23.0 Å². The van der Waals surface area contributed by atoms with Gasteiger partial charge in [-0.3, -0.25) is 9.78 Å². The molecule has 1 aliphatic heterocycles. The van der Waals surface area contributed by atoms with Crippen LogP contribution < -0.4 is 19.7 Å². The predicted octanol–water partition coefficient (Wildman–Crippen LogP) is 4.43. The summed E-state index contributed by atoms with van der Waals surface area (Å²) in [6.07, 6.45) is 4.13. The van der Waals surface area contributed by atoms with Crippen LogP contribution in [0, 0.1) is 0 Å². The Balaban J connectivity index is 1.62. The number of hydrogen-bond donors (Lipinski definition) is 1. The van der Waals surface area contributed by atoms with E-state index >= 15 is 0 Å². The first-order valence-electron chi connectivity index (χ1n) is 9.46. The van der Waals surface area contributed by atoms with E-state index in [4.69, 9.17) is 9.47 Å². The van der Waals surface area contributed by atoms with Gasteiger partial charge in [-0.15, -0.1) is 0 Å². The standard InChI is InChI=1S/C23H23N3O3/c1-15-10-16-6-4-5-7-21(16)26(15)23(27)17-11-18(14-24-13-17)25-20-12-19(28-2)8-9-22(20)29-3/h4-9,11-15,25H,10H2,1-3H3. The molecule has 3 aromatic rings. The SMILES string of the molecule is COc1ccc(OC)c(Nc2cncc(C(=O)N3c4ccccc4CC3C)c2)c1. The van der Waals surface area contributed by atoms with Gasteiger partial charge in [-0.2, -0.15) is 0 Å². The molecule has 0 bridgehead atoms. The third kappa shape index (κ3) is 3.61. The highest BCUT2D eigenvalue weighted by atomic mass is 16.5. The van der Waals surface area contributed by atoms with Gasteiger partial charge in [0.05, 0.1) is 37.4 Å². The number of nitrogens with zero attached hydrogens (tertiary/aromatic N) is 2. The van der Waals surface area contributed by atoms with Crippen LogP contribution in [0.5, 0.6) is 11.5 Å². The van der Waals surface area contributed by atoms with Crippen LogP contribution in [-0.4, -0.2) is 31.2 Å². The quantitative estimate of drug-likeness (QED) is 0.699. The van der Waals surface area contributed by atoms with Gasteiger partial charge in [0.15, 0.2) is 0 Å². The maximum Gasteiger partial charge on any atom is 0.260 e. The topological polar surface area (TPSA) is 63.7 Å². The number of ether oxygens (including phenoxy) is 2. The minimum Gasteiger partial charge on any atom is -0.497 e. The van der Waals surface area contributed by atoms with E-state index in [1.807, 2.05) is 47.4 Å². The van der Waals surface area contributed by atoms with Crippen LogP contribution in [0.1, 0.15) is 22.8 Å². The minimum absolute atomic E-state index is 0.0591. The Morgan fingerprint density at radius 3 is 2.72 bits per heavy atom. The summed E-state index contributed by atoms with van der Waals surface area (Å²) in [7, 11) is 3.22. The summed E-state index contributed by atoms with van der Waals surface area (Å²) in [5.41, 5.74) is 4.12. The fourth-order valence-corrected chi connectivity index (χ4v) is 3.71. The van der Waals surface area contributed by atoms with Gasteiger partial charge in [-0.1, -0.05) is 18.2 Å². The number of hydrogen-bond acceptors (Lipinski definition) is 5. The number of nitrogens with one attached hydrogen (secondary N) is 1. The molecule has 2 aromatic carbocycles. The molecule has 29 heavy (non-hydrogen) atoms. The average molecular weight is 389 g/mol. The van der Waals surface area contributed by atoms with Gasteiger partial charge in [0.1, 0.15) is 11.5 Å². The van der Waals surface area contributed by atoms with E-state index in [2.05, 4.69) is 23.3 Å². The molecular weight excluding hydrogens is 366 g/mol. The van der Waals surface area contributed by atoms with Crippen molar-refractivity contribution in [1.82, 2.24) is 4.98 Å². The van der Waals surface area contributed by atoms with Crippen LogP contribution in [0.25, 0.3) is 0 Å². The molecule has 1 atom stereocenters. The van der Waals surface area contributed by atoms with Gasteiger partial charge in [0, 0.05) is 24.0 Å². The number of methoxy groups -OCH3 is 2. The number of benzene rings is 2. The number of aromatic nitrogens is 1. The van der Waals surface area contributed by atoms with Crippen molar-refractivity contribution in [3.63, 3.8) is 0 Å². The van der Waals surface area contributed by atoms with Crippen molar-refractivity contribution in [3.05, 3.63) is 72.1 Å². The van der Waals surface area contributed by atoms with Crippen molar-refractivity contribution in [3.8, 4) is 11.5 Å². The lowest BCUT2D eigenvalue weighted by Crippen LogP contribution is -2.35. The van der Waals surface area contributed by atoms with Crippen LogP contribution >= 0.6 is 0 Å². The number of para-hydroxylation sites is 1. The average Bonchev–Trinajstić information content (AvgIpc) is 3.09. The largest absolute Gasteiger partial charge is 0.497 e. The van der Waals surface area contributed by atoms with Gasteiger partial charge in [-0.05, 0) is 43.2 Å². The maximum atomic E-state index is 13.3. The van der Waals surface area contributed by atoms with Gasteiger partial charge in [0.25, 0.3) is 5.91 Å². The van der Waals surface area contributed by atoms with Gasteiger partial charge >= 0.3 is 0 Å². The zero-order chi connectivity index (χ0) is 20.4. The summed E-state index contributed by atoms with van der Waals surface area (Å²) in [5, 5.41) is 3.28. The Morgan fingerprint density at radius 2 is 1.93 bits per heavy atom. The normalized spacial score (nSPS) is 15.0. The Labute approximate surface area is 170 Å². The summed E-state index contributed by atoms with van der Waals surface area (Å²) in [4.78, 5) is 19.4. The summed E-state index contributed by atoms with van der Waals surface area (Å²) in [6, 6.07) is 15.4. The molecule has 0 fully saturated rings. The van der Waals surface area contributed by atoms with E-state index in [1.165, 1.54) is 5.56 Å². The molecule has 0 saturated carbocycles. The van der Waals surface area contributed by atoms with E-state index < -0.39 is 0 Å². The molecule has 6 heteroatoms. The molecule has 1 unspecified atom stereocenters. The van der Waals surface area contributed by atoms with Crippen molar-refractivity contribution in [1.29, 1.82) is 0 Å². The molecule has 1 aliphatic rings. The zero-order valence-corrected chi connectivity index (χ0v) is 16.7. The summed E-state index contributed by atoms with van der Waals surface area (Å²) in [6.45, 7) is 2.06. The third-order valence-corrected chi connectivity index (χ3v) is 5.10. The van der Waals surface area contributed by atoms with E-state index in [0.29, 0.717) is 22.7 Å². The molecule has 0 saturated heterocycles. The molecule has 2 heterocycles. The number of carbonyl (C=O) groups excluding carboxylic acids is 1. The maximum absolute atomic E-state index is 13.3. The number of amides is 1. The van der Waals surface area contributed by atoms with Crippen LogP contribution in [0.3, 0.4) is 0 Å². The van der Waals surface area contributed by atoms with Crippen LogP contribution in [0.4, 0.5) is 17.1 Å². The Kier molecular flexibility index (Phi) is 5.08. The zero-order valence-electron chi connectivity index (χ0n) is 16.7. The molecule has 6 nitrogen and oxygen atoms in total. The molecule has 1 amide bonds. The number of rotatable bonds is 5. The summed E-state index contributed by atoms with van der Waals surface area (Å²) in [5.74, 6) is 1.32. The monoisotopic (exact) mass is 389 g/mol. The first-order valence-corrected chi connectivity index (χ1v) is 9.46.